The van der Waals surface area contributed by atoms with Crippen molar-refractivity contribution >= 4 is 24.2 Å². The number of carbonyl (C=O) groups is 4. The van der Waals surface area contributed by atoms with E-state index in [4.69, 9.17) is 28.4 Å². The van der Waals surface area contributed by atoms with Crippen LogP contribution in [0.15, 0.2) is 30.3 Å². The highest BCUT2D eigenvalue weighted by Crippen LogP contribution is 2.07. The predicted molar refractivity (Wildman–Crippen MR) is 158 cm³/mol. The third kappa shape index (κ3) is 21.7. The first-order chi connectivity index (χ1) is 20.6. The smallest absolute Gasteiger partial charge is 0.408 e. The summed E-state index contributed by atoms with van der Waals surface area (Å²) in [5.41, 5.74) is 0.239. The summed E-state index contributed by atoms with van der Waals surface area (Å²) in [6.07, 6.45) is -0.226. The van der Waals surface area contributed by atoms with Crippen LogP contribution in [0.1, 0.15) is 45.6 Å². The molecule has 0 saturated carbocycles. The van der Waals surface area contributed by atoms with Gasteiger partial charge in [-0.15, -0.1) is 0 Å². The van der Waals surface area contributed by atoms with Crippen LogP contribution in [0.3, 0.4) is 0 Å². The molecule has 244 valence electrons. The fourth-order valence-corrected chi connectivity index (χ4v) is 3.33. The molecule has 1 rings (SSSR count). The van der Waals surface area contributed by atoms with Gasteiger partial charge in [-0.05, 0) is 45.6 Å². The Morgan fingerprint density at radius 2 is 1.35 bits per heavy atom. The van der Waals surface area contributed by atoms with Gasteiger partial charge in [0.2, 0.25) is 5.91 Å². The minimum absolute atomic E-state index is 0.0783. The molecule has 0 aliphatic rings. The van der Waals surface area contributed by atoms with Crippen molar-refractivity contribution in [2.45, 2.75) is 58.3 Å². The van der Waals surface area contributed by atoms with E-state index < -0.39 is 29.9 Å². The van der Waals surface area contributed by atoms with Gasteiger partial charge >= 0.3 is 18.3 Å². The molecular formula is C29H48N4O10. The van der Waals surface area contributed by atoms with Gasteiger partial charge in [-0.3, -0.25) is 4.79 Å². The van der Waals surface area contributed by atoms with E-state index in [9.17, 15) is 19.2 Å². The summed E-state index contributed by atoms with van der Waals surface area (Å²) < 4.78 is 31.4. The van der Waals surface area contributed by atoms with Gasteiger partial charge in [0.15, 0.2) is 0 Å². The number of hydrogen-bond acceptors (Lipinski definition) is 10. The number of benzene rings is 1. The monoisotopic (exact) mass is 612 g/mol. The first kappa shape index (κ1) is 37.4. The lowest BCUT2D eigenvalue weighted by atomic mass is 10.1. The molecular weight excluding hydrogens is 564 g/mol. The van der Waals surface area contributed by atoms with Crippen molar-refractivity contribution in [2.75, 3.05) is 66.4 Å². The predicted octanol–water partition coefficient (Wildman–Crippen LogP) is 2.50. The normalized spacial score (nSPS) is 11.6. The Bertz CT molecular complexity index is 928. The molecule has 0 aliphatic carbocycles. The van der Waals surface area contributed by atoms with Gasteiger partial charge in [0.05, 0.1) is 39.6 Å². The number of carbonyl (C=O) groups excluding carboxylic acids is 4. The van der Waals surface area contributed by atoms with Gasteiger partial charge in [-0.1, -0.05) is 30.3 Å². The van der Waals surface area contributed by atoms with Crippen molar-refractivity contribution in [1.29, 1.82) is 0 Å². The number of ether oxygens (including phenoxy) is 6. The van der Waals surface area contributed by atoms with Crippen molar-refractivity contribution in [3.8, 4) is 0 Å². The molecule has 0 radical (unpaired) electrons. The Labute approximate surface area is 253 Å². The fraction of sp³-hybridized carbons (Fsp3) is 0.655. The molecule has 0 bridgehead atoms. The second-order valence-corrected chi connectivity index (χ2v) is 10.2. The maximum absolute atomic E-state index is 12.8. The summed E-state index contributed by atoms with van der Waals surface area (Å²) in [5.74, 6) is -0.367. The lowest BCUT2D eigenvalue weighted by Crippen LogP contribution is -2.47. The molecule has 0 spiro atoms. The minimum Gasteiger partial charge on any atom is -0.447 e. The number of nitrogens with one attached hydrogen (secondary N) is 4. The van der Waals surface area contributed by atoms with E-state index in [-0.39, 0.29) is 38.9 Å². The molecule has 1 aromatic rings. The lowest BCUT2D eigenvalue weighted by molar-refractivity contribution is -0.123. The van der Waals surface area contributed by atoms with Crippen LogP contribution in [0.4, 0.5) is 14.4 Å². The van der Waals surface area contributed by atoms with Gasteiger partial charge in [0.25, 0.3) is 0 Å². The number of unbranched alkanes of at least 4 members (excludes halogenated alkanes) is 1. The first-order valence-corrected chi connectivity index (χ1v) is 14.4. The number of alkyl carbamates (subject to hydrolysis) is 3. The molecule has 4 amide bonds. The zero-order valence-electron chi connectivity index (χ0n) is 25.7. The van der Waals surface area contributed by atoms with Crippen molar-refractivity contribution in [2.24, 2.45) is 0 Å². The maximum atomic E-state index is 12.8. The molecule has 0 unspecified atom stereocenters. The van der Waals surface area contributed by atoms with Crippen LogP contribution < -0.4 is 21.3 Å². The molecule has 43 heavy (non-hydrogen) atoms. The van der Waals surface area contributed by atoms with Gasteiger partial charge in [-0.2, -0.15) is 0 Å². The van der Waals surface area contributed by atoms with E-state index >= 15 is 0 Å². The molecule has 0 heterocycles. The average molecular weight is 613 g/mol. The van der Waals surface area contributed by atoms with E-state index in [1.165, 1.54) is 7.05 Å². The summed E-state index contributed by atoms with van der Waals surface area (Å²) in [6.45, 7) is 8.12. The zero-order valence-corrected chi connectivity index (χ0v) is 25.7. The van der Waals surface area contributed by atoms with E-state index in [0.29, 0.717) is 52.2 Å². The minimum atomic E-state index is -0.824. The highest BCUT2D eigenvalue weighted by atomic mass is 16.6. The third-order valence-corrected chi connectivity index (χ3v) is 5.36. The van der Waals surface area contributed by atoms with Crippen LogP contribution in [0.25, 0.3) is 0 Å². The maximum Gasteiger partial charge on any atom is 0.408 e. The third-order valence-electron chi connectivity index (χ3n) is 5.36. The second-order valence-electron chi connectivity index (χ2n) is 10.2. The van der Waals surface area contributed by atoms with E-state index in [0.717, 1.165) is 5.56 Å². The number of hydrogen-bond donors (Lipinski definition) is 4. The molecule has 0 saturated heterocycles. The summed E-state index contributed by atoms with van der Waals surface area (Å²) in [4.78, 5) is 47.9. The van der Waals surface area contributed by atoms with Crippen LogP contribution in [0.5, 0.6) is 0 Å². The van der Waals surface area contributed by atoms with Crippen LogP contribution in [0.2, 0.25) is 0 Å². The molecule has 0 fully saturated rings. The van der Waals surface area contributed by atoms with Crippen molar-refractivity contribution in [3.05, 3.63) is 35.9 Å². The standard InChI is InChI=1S/C29H48N4O10/c1-29(2,3)43-27(36)32-13-9-8-12-24(33-28(37)42-22-23-10-6-5-7-11-23)25(34)31-14-15-38-16-17-39-18-19-40-20-21-41-26(35)30-4/h5-7,10-11,24H,8-9,12-22H2,1-4H3,(H,30,35)(H,31,34)(H,32,36)(H,33,37)/t24-/m0/s1. The van der Waals surface area contributed by atoms with E-state index in [1.807, 2.05) is 30.3 Å². The Morgan fingerprint density at radius 1 is 0.721 bits per heavy atom. The van der Waals surface area contributed by atoms with Crippen molar-refractivity contribution < 1.29 is 47.6 Å². The topological polar surface area (TPSA) is 172 Å². The van der Waals surface area contributed by atoms with Gasteiger partial charge in [0.1, 0.15) is 24.9 Å². The van der Waals surface area contributed by atoms with Crippen LogP contribution >= 0.6 is 0 Å². The van der Waals surface area contributed by atoms with E-state index in [1.54, 1.807) is 20.8 Å². The Balaban J connectivity index is 2.30. The molecule has 4 N–H and O–H groups in total. The first-order valence-electron chi connectivity index (χ1n) is 14.4. The van der Waals surface area contributed by atoms with Gasteiger partial charge in [0, 0.05) is 20.1 Å². The largest absolute Gasteiger partial charge is 0.447 e. The van der Waals surface area contributed by atoms with Crippen LogP contribution in [-0.4, -0.2) is 102 Å². The summed E-state index contributed by atoms with van der Waals surface area (Å²) >= 11 is 0. The van der Waals surface area contributed by atoms with E-state index in [2.05, 4.69) is 21.3 Å². The second kappa shape index (κ2) is 22.9. The average Bonchev–Trinajstić information content (AvgIpc) is 2.97. The quantitative estimate of drug-likeness (QED) is 0.119. The molecule has 14 heteroatoms. The van der Waals surface area contributed by atoms with Gasteiger partial charge < -0.3 is 49.7 Å². The van der Waals surface area contributed by atoms with Gasteiger partial charge in [-0.25, -0.2) is 14.4 Å². The highest BCUT2D eigenvalue weighted by Gasteiger charge is 2.21. The summed E-state index contributed by atoms with van der Waals surface area (Å²) in [7, 11) is 1.48. The molecule has 0 aromatic heterocycles. The number of rotatable bonds is 21. The molecule has 1 atom stereocenters. The van der Waals surface area contributed by atoms with Crippen LogP contribution in [0, 0.1) is 0 Å². The van der Waals surface area contributed by atoms with Crippen LogP contribution in [-0.2, 0) is 39.8 Å². The Kier molecular flexibility index (Phi) is 19.9. The molecule has 0 aliphatic heterocycles. The Hall–Kier alpha value is -3.62. The zero-order chi connectivity index (χ0) is 31.8. The lowest BCUT2D eigenvalue weighted by Gasteiger charge is -2.20. The van der Waals surface area contributed by atoms with Crippen molar-refractivity contribution in [1.82, 2.24) is 21.3 Å². The Morgan fingerprint density at radius 3 is 1.98 bits per heavy atom. The fourth-order valence-electron chi connectivity index (χ4n) is 3.33. The molecule has 1 aromatic carbocycles. The molecule has 14 nitrogen and oxygen atoms in total. The SMILES string of the molecule is CNC(=O)OCCOCCOCCOCCNC(=O)[C@H](CCCCNC(=O)OC(C)(C)C)NC(=O)OCc1ccccc1. The number of amides is 4. The van der Waals surface area contributed by atoms with Crippen molar-refractivity contribution in [3.63, 3.8) is 0 Å². The highest BCUT2D eigenvalue weighted by molar-refractivity contribution is 5.85. The summed E-state index contributed by atoms with van der Waals surface area (Å²) in [6, 6.07) is 8.40. The summed E-state index contributed by atoms with van der Waals surface area (Å²) in [5, 5.41) is 10.4.